The zero-order valence-corrected chi connectivity index (χ0v) is 13.6. The molecule has 0 fully saturated rings. The third-order valence-electron chi connectivity index (χ3n) is 3.07. The molecule has 0 aliphatic carbocycles. The highest BCUT2D eigenvalue weighted by Gasteiger charge is 2.17. The van der Waals surface area contributed by atoms with Gasteiger partial charge in [-0.3, -0.25) is 9.78 Å². The zero-order valence-electron chi connectivity index (χ0n) is 13.6. The SMILES string of the molecule is CC(C)CN(Cc1ccncc1)C(=O)NCc1nc(C(N)=O)no1. The second-order valence-corrected chi connectivity index (χ2v) is 5.66. The van der Waals surface area contributed by atoms with E-state index in [0.29, 0.717) is 19.0 Å². The van der Waals surface area contributed by atoms with Crippen LogP contribution in [0.1, 0.15) is 35.9 Å². The molecule has 0 aliphatic heterocycles. The van der Waals surface area contributed by atoms with Crippen molar-refractivity contribution in [2.45, 2.75) is 26.9 Å². The molecular weight excluding hydrogens is 312 g/mol. The van der Waals surface area contributed by atoms with Crippen LogP contribution in [-0.2, 0) is 13.1 Å². The van der Waals surface area contributed by atoms with Crippen molar-refractivity contribution in [3.63, 3.8) is 0 Å². The number of hydrogen-bond acceptors (Lipinski definition) is 6. The summed E-state index contributed by atoms with van der Waals surface area (Å²) in [7, 11) is 0. The Morgan fingerprint density at radius 2 is 2.04 bits per heavy atom. The third-order valence-corrected chi connectivity index (χ3v) is 3.07. The highest BCUT2D eigenvalue weighted by Crippen LogP contribution is 2.07. The number of amides is 3. The summed E-state index contributed by atoms with van der Waals surface area (Å²) in [5, 5.41) is 6.12. The second kappa shape index (κ2) is 8.04. The van der Waals surface area contributed by atoms with E-state index in [9.17, 15) is 9.59 Å². The van der Waals surface area contributed by atoms with Crippen molar-refractivity contribution in [3.8, 4) is 0 Å². The summed E-state index contributed by atoms with van der Waals surface area (Å²) in [5.41, 5.74) is 6.03. The Bertz CT molecular complexity index is 686. The van der Waals surface area contributed by atoms with E-state index >= 15 is 0 Å². The van der Waals surface area contributed by atoms with Gasteiger partial charge in [0.2, 0.25) is 5.89 Å². The Balaban J connectivity index is 1.97. The van der Waals surface area contributed by atoms with Gasteiger partial charge in [0, 0.05) is 25.5 Å². The average molecular weight is 332 g/mol. The Labute approximate surface area is 139 Å². The quantitative estimate of drug-likeness (QED) is 0.776. The van der Waals surface area contributed by atoms with E-state index in [-0.39, 0.29) is 24.3 Å². The monoisotopic (exact) mass is 332 g/mol. The molecule has 24 heavy (non-hydrogen) atoms. The first-order valence-corrected chi connectivity index (χ1v) is 7.49. The number of rotatable bonds is 7. The number of hydrogen-bond donors (Lipinski definition) is 2. The molecule has 0 bridgehead atoms. The molecule has 9 nitrogen and oxygen atoms in total. The van der Waals surface area contributed by atoms with Crippen molar-refractivity contribution in [2.24, 2.45) is 11.7 Å². The van der Waals surface area contributed by atoms with E-state index in [2.05, 4.69) is 20.4 Å². The van der Waals surface area contributed by atoms with Crippen molar-refractivity contribution in [2.75, 3.05) is 6.54 Å². The molecule has 0 spiro atoms. The standard InChI is InChI=1S/C15H20N6O3/c1-10(2)8-21(9-11-3-5-17-6-4-11)15(23)18-7-12-19-14(13(16)22)20-24-12/h3-6,10H,7-9H2,1-2H3,(H2,16,22)(H,18,23). The number of urea groups is 1. The molecule has 0 aliphatic rings. The summed E-state index contributed by atoms with van der Waals surface area (Å²) in [6.45, 7) is 5.13. The van der Waals surface area contributed by atoms with Gasteiger partial charge in [0.1, 0.15) is 0 Å². The van der Waals surface area contributed by atoms with Crippen LogP contribution in [0, 0.1) is 5.92 Å². The highest BCUT2D eigenvalue weighted by atomic mass is 16.5. The van der Waals surface area contributed by atoms with Crippen molar-refractivity contribution >= 4 is 11.9 Å². The van der Waals surface area contributed by atoms with Crippen LogP contribution in [0.4, 0.5) is 4.79 Å². The van der Waals surface area contributed by atoms with E-state index in [1.54, 1.807) is 17.3 Å². The molecule has 0 radical (unpaired) electrons. The van der Waals surface area contributed by atoms with E-state index in [4.69, 9.17) is 10.3 Å². The van der Waals surface area contributed by atoms with Crippen LogP contribution in [0.25, 0.3) is 0 Å². The van der Waals surface area contributed by atoms with Crippen molar-refractivity contribution in [1.29, 1.82) is 0 Å². The Morgan fingerprint density at radius 1 is 1.33 bits per heavy atom. The van der Waals surface area contributed by atoms with Crippen LogP contribution < -0.4 is 11.1 Å². The minimum absolute atomic E-state index is 0.0179. The molecule has 0 saturated carbocycles. The lowest BCUT2D eigenvalue weighted by atomic mass is 10.2. The number of primary amides is 1. The lowest BCUT2D eigenvalue weighted by molar-refractivity contribution is 0.0987. The van der Waals surface area contributed by atoms with Crippen LogP contribution in [0.2, 0.25) is 0 Å². The molecule has 2 heterocycles. The first kappa shape index (κ1) is 17.4. The van der Waals surface area contributed by atoms with Crippen LogP contribution in [-0.4, -0.2) is 38.5 Å². The molecule has 0 aromatic carbocycles. The molecule has 2 aromatic heterocycles. The zero-order chi connectivity index (χ0) is 17.5. The number of pyridine rings is 1. The molecule has 0 atom stereocenters. The summed E-state index contributed by atoms with van der Waals surface area (Å²) in [4.78, 5) is 32.8. The fourth-order valence-corrected chi connectivity index (χ4v) is 2.06. The van der Waals surface area contributed by atoms with Gasteiger partial charge in [-0.25, -0.2) is 4.79 Å². The maximum atomic E-state index is 12.4. The van der Waals surface area contributed by atoms with E-state index in [1.807, 2.05) is 26.0 Å². The predicted molar refractivity (Wildman–Crippen MR) is 84.5 cm³/mol. The molecule has 2 rings (SSSR count). The second-order valence-electron chi connectivity index (χ2n) is 5.66. The first-order chi connectivity index (χ1) is 11.5. The van der Waals surface area contributed by atoms with Crippen molar-refractivity contribution in [3.05, 3.63) is 41.8 Å². The van der Waals surface area contributed by atoms with Gasteiger partial charge in [-0.2, -0.15) is 4.98 Å². The maximum absolute atomic E-state index is 12.4. The number of nitrogens with two attached hydrogens (primary N) is 1. The normalized spacial score (nSPS) is 10.6. The van der Waals surface area contributed by atoms with Crippen molar-refractivity contribution < 1.29 is 14.1 Å². The lowest BCUT2D eigenvalue weighted by Gasteiger charge is -2.24. The molecule has 0 unspecified atom stereocenters. The lowest BCUT2D eigenvalue weighted by Crippen LogP contribution is -2.41. The van der Waals surface area contributed by atoms with Crippen LogP contribution in [0.5, 0.6) is 0 Å². The summed E-state index contributed by atoms with van der Waals surface area (Å²) in [5.74, 6) is -0.571. The van der Waals surface area contributed by atoms with Crippen LogP contribution in [0.3, 0.4) is 0 Å². The molecule has 0 saturated heterocycles. The van der Waals surface area contributed by atoms with Gasteiger partial charge >= 0.3 is 6.03 Å². The smallest absolute Gasteiger partial charge is 0.318 e. The van der Waals surface area contributed by atoms with Gasteiger partial charge in [0.25, 0.3) is 11.7 Å². The first-order valence-electron chi connectivity index (χ1n) is 7.49. The highest BCUT2D eigenvalue weighted by molar-refractivity contribution is 5.88. The molecular formula is C15H20N6O3. The minimum Gasteiger partial charge on any atom is -0.363 e. The number of carbonyl (C=O) groups is 2. The van der Waals surface area contributed by atoms with Gasteiger partial charge in [0.05, 0.1) is 6.54 Å². The molecule has 128 valence electrons. The number of nitrogens with zero attached hydrogens (tertiary/aromatic N) is 4. The summed E-state index contributed by atoms with van der Waals surface area (Å²) >= 11 is 0. The van der Waals surface area contributed by atoms with Gasteiger partial charge in [-0.05, 0) is 23.6 Å². The number of carbonyl (C=O) groups excluding carboxylic acids is 2. The Kier molecular flexibility index (Phi) is 5.83. The fourth-order valence-electron chi connectivity index (χ4n) is 2.06. The van der Waals surface area contributed by atoms with Gasteiger partial charge in [-0.15, -0.1) is 0 Å². The summed E-state index contributed by atoms with van der Waals surface area (Å²) < 4.78 is 4.85. The summed E-state index contributed by atoms with van der Waals surface area (Å²) in [6, 6.07) is 3.45. The van der Waals surface area contributed by atoms with Crippen molar-refractivity contribution in [1.82, 2.24) is 25.3 Å². The third kappa shape index (κ3) is 5.04. The van der Waals surface area contributed by atoms with Crippen LogP contribution >= 0.6 is 0 Å². The maximum Gasteiger partial charge on any atom is 0.318 e. The number of nitrogens with one attached hydrogen (secondary N) is 1. The Hall–Kier alpha value is -2.97. The van der Waals surface area contributed by atoms with E-state index < -0.39 is 5.91 Å². The minimum atomic E-state index is -0.782. The van der Waals surface area contributed by atoms with Gasteiger partial charge < -0.3 is 20.5 Å². The average Bonchev–Trinajstić information content (AvgIpc) is 3.02. The van der Waals surface area contributed by atoms with E-state index in [0.717, 1.165) is 5.56 Å². The number of aromatic nitrogens is 3. The summed E-state index contributed by atoms with van der Waals surface area (Å²) in [6.07, 6.45) is 3.37. The topological polar surface area (TPSA) is 127 Å². The van der Waals surface area contributed by atoms with Gasteiger partial charge in [-0.1, -0.05) is 19.0 Å². The molecule has 3 amide bonds. The largest absolute Gasteiger partial charge is 0.363 e. The molecule has 3 N–H and O–H groups in total. The predicted octanol–water partition coefficient (Wildman–Crippen LogP) is 0.931. The van der Waals surface area contributed by atoms with E-state index in [1.165, 1.54) is 0 Å². The van der Waals surface area contributed by atoms with Crippen LogP contribution in [0.15, 0.2) is 29.0 Å². The van der Waals surface area contributed by atoms with Gasteiger partial charge in [0.15, 0.2) is 0 Å². The molecule has 2 aromatic rings. The molecule has 9 heteroatoms. The fraction of sp³-hybridized carbons (Fsp3) is 0.400. The Morgan fingerprint density at radius 3 is 2.62 bits per heavy atom.